The van der Waals surface area contributed by atoms with Crippen molar-refractivity contribution < 1.29 is 33.0 Å². The van der Waals surface area contributed by atoms with Crippen LogP contribution in [0.4, 0.5) is 13.2 Å². The standard InChI is InChI=1S/C15H14BrN3O3.C2HF3O2/c16-11-7-10-8(6-12(11)20)2-3-9-13(10)18-19(5-1-4-17)14(9)15(21)22;3-2(4,5)1(6)7/h2-3,6-7,18H,1,4-5,17H2,(H,21,22);(H,6,7). The van der Waals surface area contributed by atoms with Crippen molar-refractivity contribution in [3.05, 3.63) is 44.7 Å². The Morgan fingerprint density at radius 1 is 1.17 bits per heavy atom. The van der Waals surface area contributed by atoms with Gasteiger partial charge in [-0.2, -0.15) is 13.2 Å². The number of alkyl halides is 3. The van der Waals surface area contributed by atoms with E-state index in [0.29, 0.717) is 34.9 Å². The largest absolute Gasteiger partial charge is 0.490 e. The van der Waals surface area contributed by atoms with E-state index in [9.17, 15) is 27.9 Å². The number of hydrogen-bond acceptors (Lipinski definition) is 4. The molecule has 0 fully saturated rings. The molecule has 0 aliphatic heterocycles. The molecule has 3 rings (SSSR count). The summed E-state index contributed by atoms with van der Waals surface area (Å²) >= 11 is 3.23. The average Bonchev–Trinajstić information content (AvgIpc) is 2.99. The molecule has 0 bridgehead atoms. The zero-order valence-corrected chi connectivity index (χ0v) is 16.2. The minimum absolute atomic E-state index is 0.104. The van der Waals surface area contributed by atoms with Gasteiger partial charge < -0.3 is 15.9 Å². The molecule has 0 aliphatic rings. The van der Waals surface area contributed by atoms with Gasteiger partial charge in [0.25, 0.3) is 0 Å². The van der Waals surface area contributed by atoms with E-state index in [1.54, 1.807) is 22.9 Å². The number of nitrogens with one attached hydrogen (secondary N) is 1. The van der Waals surface area contributed by atoms with Gasteiger partial charge in [-0.1, -0.05) is 6.07 Å². The monoisotopic (exact) mass is 477 g/mol. The molecule has 2 aromatic carbocycles. The van der Waals surface area contributed by atoms with Crippen molar-refractivity contribution in [3.8, 4) is 0 Å². The van der Waals surface area contributed by atoms with Gasteiger partial charge in [-0.05, 0) is 52.5 Å². The SMILES string of the molecule is NCCCn1[nH]c2c(ccc3cc(=O)c(Br)cc32)c1C(=O)O.O=C(O)C(F)(F)F. The Hall–Kier alpha value is -2.86. The van der Waals surface area contributed by atoms with E-state index < -0.39 is 18.1 Å². The number of hydrogen-bond donors (Lipinski definition) is 4. The first kappa shape index (κ1) is 22.4. The smallest absolute Gasteiger partial charge is 0.477 e. The van der Waals surface area contributed by atoms with Gasteiger partial charge in [0.1, 0.15) is 0 Å². The third-order valence-corrected chi connectivity index (χ3v) is 4.49. The third kappa shape index (κ3) is 4.95. The molecule has 1 aromatic heterocycles. The predicted molar refractivity (Wildman–Crippen MR) is 102 cm³/mol. The second-order valence-corrected chi connectivity index (χ2v) is 6.71. The number of rotatable bonds is 4. The summed E-state index contributed by atoms with van der Waals surface area (Å²) in [4.78, 5) is 32.2. The molecular weight excluding hydrogens is 463 g/mol. The number of carbonyl (C=O) groups is 2. The van der Waals surface area contributed by atoms with Crippen LogP contribution >= 0.6 is 15.9 Å². The summed E-state index contributed by atoms with van der Waals surface area (Å²) in [6.45, 7) is 0.975. The van der Waals surface area contributed by atoms with Gasteiger partial charge in [0.15, 0.2) is 11.1 Å². The molecule has 0 radical (unpaired) electrons. The number of nitrogens with zero attached hydrogens (tertiary/aromatic N) is 1. The van der Waals surface area contributed by atoms with Gasteiger partial charge in [0.2, 0.25) is 0 Å². The number of aromatic nitrogens is 2. The van der Waals surface area contributed by atoms with Gasteiger partial charge in [0.05, 0.1) is 9.99 Å². The van der Waals surface area contributed by atoms with Crippen molar-refractivity contribution in [2.45, 2.75) is 19.1 Å². The fourth-order valence-electron chi connectivity index (χ4n) is 2.63. The molecule has 0 amide bonds. The molecule has 0 unspecified atom stereocenters. The summed E-state index contributed by atoms with van der Waals surface area (Å²) in [5.41, 5.74) is 6.31. The lowest BCUT2D eigenvalue weighted by Crippen LogP contribution is -2.21. The number of nitrogens with two attached hydrogens (primary N) is 1. The zero-order valence-electron chi connectivity index (χ0n) is 14.6. The molecule has 0 atom stereocenters. The molecular formula is C17H15BrF3N3O5. The van der Waals surface area contributed by atoms with E-state index in [1.807, 2.05) is 0 Å². The van der Waals surface area contributed by atoms with Crippen molar-refractivity contribution in [2.24, 2.45) is 5.73 Å². The number of benzene rings is 2. The van der Waals surface area contributed by atoms with Crippen LogP contribution in [0.3, 0.4) is 0 Å². The number of carboxylic acid groups (broad SMARTS) is 2. The number of halogens is 4. The predicted octanol–water partition coefficient (Wildman–Crippen LogP) is 2.93. The topological polar surface area (TPSA) is 138 Å². The molecule has 0 saturated carbocycles. The van der Waals surface area contributed by atoms with Gasteiger partial charge in [0, 0.05) is 17.3 Å². The van der Waals surface area contributed by atoms with Crippen LogP contribution in [0, 0.1) is 0 Å². The van der Waals surface area contributed by atoms with E-state index >= 15 is 0 Å². The summed E-state index contributed by atoms with van der Waals surface area (Å²) in [5, 5.41) is 21.9. The van der Waals surface area contributed by atoms with Crippen LogP contribution < -0.4 is 11.2 Å². The maximum atomic E-state index is 11.7. The van der Waals surface area contributed by atoms with Gasteiger partial charge in [-0.25, -0.2) is 9.59 Å². The lowest BCUT2D eigenvalue weighted by molar-refractivity contribution is -0.192. The maximum Gasteiger partial charge on any atom is 0.490 e. The van der Waals surface area contributed by atoms with E-state index in [1.165, 1.54) is 6.07 Å². The second-order valence-electron chi connectivity index (χ2n) is 5.85. The lowest BCUT2D eigenvalue weighted by atomic mass is 10.1. The van der Waals surface area contributed by atoms with Gasteiger partial charge in [-0.15, -0.1) is 0 Å². The Morgan fingerprint density at radius 2 is 1.79 bits per heavy atom. The Balaban J connectivity index is 0.000000370. The molecule has 5 N–H and O–H groups in total. The number of aliphatic carboxylic acids is 1. The minimum atomic E-state index is -5.08. The van der Waals surface area contributed by atoms with Crippen LogP contribution in [-0.2, 0) is 11.3 Å². The number of aromatic amines is 1. The van der Waals surface area contributed by atoms with Crippen LogP contribution in [0.1, 0.15) is 16.9 Å². The van der Waals surface area contributed by atoms with E-state index in [4.69, 9.17) is 15.6 Å². The first-order valence-electron chi connectivity index (χ1n) is 8.05. The summed E-state index contributed by atoms with van der Waals surface area (Å²) < 4.78 is 33.8. The quantitative estimate of drug-likeness (QED) is 0.455. The van der Waals surface area contributed by atoms with Crippen molar-refractivity contribution in [3.63, 3.8) is 0 Å². The second kappa shape index (κ2) is 8.66. The lowest BCUT2D eigenvalue weighted by Gasteiger charge is -2.03. The summed E-state index contributed by atoms with van der Waals surface area (Å²) in [7, 11) is 0. The van der Waals surface area contributed by atoms with Gasteiger partial charge >= 0.3 is 18.1 Å². The van der Waals surface area contributed by atoms with Crippen molar-refractivity contribution >= 4 is 49.5 Å². The Labute approximate surface area is 168 Å². The molecule has 8 nitrogen and oxygen atoms in total. The fraction of sp³-hybridized carbons (Fsp3) is 0.235. The first-order chi connectivity index (χ1) is 13.5. The van der Waals surface area contributed by atoms with Crippen molar-refractivity contribution in [1.29, 1.82) is 0 Å². The summed E-state index contributed by atoms with van der Waals surface area (Å²) in [5.74, 6) is -3.75. The van der Waals surface area contributed by atoms with Crippen LogP contribution in [-0.4, -0.2) is 44.7 Å². The highest BCUT2D eigenvalue weighted by molar-refractivity contribution is 9.10. The molecule has 156 valence electrons. The molecule has 0 aliphatic carbocycles. The number of fused-ring (bicyclic) bond motifs is 3. The molecule has 0 saturated heterocycles. The van der Waals surface area contributed by atoms with E-state index in [2.05, 4.69) is 21.0 Å². The molecule has 1 heterocycles. The number of H-pyrrole nitrogens is 1. The van der Waals surface area contributed by atoms with Crippen LogP contribution in [0.5, 0.6) is 0 Å². The summed E-state index contributed by atoms with van der Waals surface area (Å²) in [6, 6.07) is 6.74. The highest BCUT2D eigenvalue weighted by Crippen LogP contribution is 2.28. The number of aromatic carboxylic acids is 1. The highest BCUT2D eigenvalue weighted by atomic mass is 79.9. The maximum absolute atomic E-state index is 11.7. The molecule has 0 spiro atoms. The van der Waals surface area contributed by atoms with Crippen molar-refractivity contribution in [1.82, 2.24) is 9.78 Å². The number of aryl methyl sites for hydroxylation is 1. The molecule has 12 heteroatoms. The van der Waals surface area contributed by atoms with Crippen molar-refractivity contribution in [2.75, 3.05) is 6.54 Å². The van der Waals surface area contributed by atoms with Crippen LogP contribution in [0.25, 0.3) is 21.7 Å². The van der Waals surface area contributed by atoms with Crippen LogP contribution in [0.2, 0.25) is 0 Å². The fourth-order valence-corrected chi connectivity index (χ4v) is 2.97. The molecule has 29 heavy (non-hydrogen) atoms. The Kier molecular flexibility index (Phi) is 6.69. The minimum Gasteiger partial charge on any atom is -0.477 e. The third-order valence-electron chi connectivity index (χ3n) is 3.88. The normalized spacial score (nSPS) is 11.3. The Morgan fingerprint density at radius 3 is 2.31 bits per heavy atom. The average molecular weight is 478 g/mol. The highest BCUT2D eigenvalue weighted by Gasteiger charge is 2.38. The van der Waals surface area contributed by atoms with Gasteiger partial charge in [-0.3, -0.25) is 14.6 Å². The number of carboxylic acids is 2. The molecule has 3 aromatic rings. The van der Waals surface area contributed by atoms with Crippen LogP contribution in [0.15, 0.2) is 33.5 Å². The first-order valence-corrected chi connectivity index (χ1v) is 8.85. The Bertz CT molecular complexity index is 1140. The zero-order chi connectivity index (χ0) is 21.9. The van der Waals surface area contributed by atoms with E-state index in [0.717, 1.165) is 10.8 Å². The summed E-state index contributed by atoms with van der Waals surface area (Å²) in [6.07, 6.45) is -4.41. The van der Waals surface area contributed by atoms with E-state index in [-0.39, 0.29) is 11.1 Å².